The Bertz CT molecular complexity index is 572. The summed E-state index contributed by atoms with van der Waals surface area (Å²) >= 11 is 1.65. The number of fused-ring (bicyclic) bond motifs is 1. The molecule has 2 heterocycles. The molecule has 0 aliphatic heterocycles. The summed E-state index contributed by atoms with van der Waals surface area (Å²) in [5.41, 5.74) is 0. The molecular formula is C15H24N4OS. The second kappa shape index (κ2) is 7.56. The van der Waals surface area contributed by atoms with Crippen LogP contribution in [0.4, 0.5) is 11.8 Å². The summed E-state index contributed by atoms with van der Waals surface area (Å²) < 4.78 is 5.26. The van der Waals surface area contributed by atoms with Gasteiger partial charge in [0.25, 0.3) is 0 Å². The van der Waals surface area contributed by atoms with E-state index in [0.29, 0.717) is 18.6 Å². The lowest BCUT2D eigenvalue weighted by atomic mass is 10.2. The van der Waals surface area contributed by atoms with Crippen LogP contribution in [0.5, 0.6) is 0 Å². The molecule has 2 rings (SSSR count). The maximum Gasteiger partial charge on any atom is 0.226 e. The van der Waals surface area contributed by atoms with E-state index in [1.807, 2.05) is 0 Å². The first kappa shape index (κ1) is 16.0. The molecule has 0 saturated carbocycles. The summed E-state index contributed by atoms with van der Waals surface area (Å²) in [4.78, 5) is 12.7. The molecule has 1 N–H and O–H groups in total. The molecule has 0 fully saturated rings. The largest absolute Gasteiger partial charge is 0.383 e. The number of hydrogen-bond donors (Lipinski definition) is 1. The molecule has 0 radical (unpaired) electrons. The zero-order valence-electron chi connectivity index (χ0n) is 13.2. The number of nitrogens with one attached hydrogen (secondary N) is 1. The maximum atomic E-state index is 5.26. The van der Waals surface area contributed by atoms with Gasteiger partial charge < -0.3 is 15.0 Å². The Morgan fingerprint density at radius 3 is 2.86 bits per heavy atom. The van der Waals surface area contributed by atoms with Gasteiger partial charge >= 0.3 is 0 Å². The van der Waals surface area contributed by atoms with E-state index >= 15 is 0 Å². The van der Waals surface area contributed by atoms with Crippen LogP contribution in [-0.2, 0) is 4.74 Å². The van der Waals surface area contributed by atoms with Crippen molar-refractivity contribution in [2.24, 2.45) is 0 Å². The molecule has 0 amide bonds. The minimum absolute atomic E-state index is 0.410. The zero-order valence-corrected chi connectivity index (χ0v) is 14.0. The van der Waals surface area contributed by atoms with Gasteiger partial charge in [0.1, 0.15) is 10.6 Å². The summed E-state index contributed by atoms with van der Waals surface area (Å²) in [6, 6.07) is 2.51. The average molecular weight is 308 g/mol. The van der Waals surface area contributed by atoms with Gasteiger partial charge in [0.05, 0.1) is 12.0 Å². The fourth-order valence-corrected chi connectivity index (χ4v) is 3.00. The Morgan fingerprint density at radius 2 is 2.19 bits per heavy atom. The quantitative estimate of drug-likeness (QED) is 0.810. The first-order valence-corrected chi connectivity index (χ1v) is 8.33. The molecule has 0 bridgehead atoms. The topological polar surface area (TPSA) is 50.3 Å². The number of methoxy groups -OCH3 is 1. The van der Waals surface area contributed by atoms with E-state index in [4.69, 9.17) is 9.72 Å². The summed E-state index contributed by atoms with van der Waals surface area (Å²) in [6.45, 7) is 8.82. The Hall–Kier alpha value is -1.40. The Balaban J connectivity index is 2.45. The minimum atomic E-state index is 0.410. The molecule has 0 aliphatic carbocycles. The Kier molecular flexibility index (Phi) is 5.76. The molecule has 2 aromatic heterocycles. The van der Waals surface area contributed by atoms with Crippen LogP contribution < -0.4 is 10.2 Å². The number of hydrogen-bond acceptors (Lipinski definition) is 6. The van der Waals surface area contributed by atoms with Gasteiger partial charge in [-0.2, -0.15) is 4.98 Å². The number of anilines is 2. The van der Waals surface area contributed by atoms with Gasteiger partial charge in [-0.05, 0) is 31.7 Å². The third kappa shape index (κ3) is 3.63. The van der Waals surface area contributed by atoms with Crippen molar-refractivity contribution < 1.29 is 4.74 Å². The molecule has 5 nitrogen and oxygen atoms in total. The van der Waals surface area contributed by atoms with Crippen LogP contribution in [0.15, 0.2) is 11.4 Å². The summed E-state index contributed by atoms with van der Waals surface area (Å²) in [7, 11) is 1.74. The molecule has 2 aromatic rings. The Morgan fingerprint density at radius 1 is 1.38 bits per heavy atom. The average Bonchev–Trinajstić information content (AvgIpc) is 2.95. The molecule has 0 aromatic carbocycles. The zero-order chi connectivity index (χ0) is 15.2. The molecular weight excluding hydrogens is 284 g/mol. The highest BCUT2D eigenvalue weighted by atomic mass is 32.1. The van der Waals surface area contributed by atoms with Crippen molar-refractivity contribution in [1.82, 2.24) is 9.97 Å². The normalized spacial score (nSPS) is 12.6. The molecule has 1 unspecified atom stereocenters. The van der Waals surface area contributed by atoms with Crippen LogP contribution in [0, 0.1) is 0 Å². The van der Waals surface area contributed by atoms with Gasteiger partial charge in [-0.15, -0.1) is 11.3 Å². The first-order valence-electron chi connectivity index (χ1n) is 7.45. The van der Waals surface area contributed by atoms with Crippen molar-refractivity contribution in [3.63, 3.8) is 0 Å². The van der Waals surface area contributed by atoms with Crippen molar-refractivity contribution in [2.45, 2.75) is 33.2 Å². The van der Waals surface area contributed by atoms with E-state index in [9.17, 15) is 0 Å². The van der Waals surface area contributed by atoms with Crippen LogP contribution in [0.3, 0.4) is 0 Å². The maximum absolute atomic E-state index is 5.26. The van der Waals surface area contributed by atoms with Gasteiger partial charge in [-0.1, -0.05) is 6.92 Å². The van der Waals surface area contributed by atoms with Gasteiger partial charge in [-0.25, -0.2) is 4.98 Å². The third-order valence-electron chi connectivity index (χ3n) is 3.57. The molecule has 0 saturated heterocycles. The van der Waals surface area contributed by atoms with Gasteiger partial charge in [0, 0.05) is 26.2 Å². The van der Waals surface area contributed by atoms with E-state index in [1.54, 1.807) is 18.4 Å². The van der Waals surface area contributed by atoms with Crippen LogP contribution in [-0.4, -0.2) is 42.8 Å². The lowest BCUT2D eigenvalue weighted by molar-refractivity contribution is 0.203. The number of thiophene rings is 1. The molecule has 21 heavy (non-hydrogen) atoms. The lowest BCUT2D eigenvalue weighted by Crippen LogP contribution is -2.36. The van der Waals surface area contributed by atoms with Gasteiger partial charge in [0.2, 0.25) is 5.95 Å². The second-order valence-corrected chi connectivity index (χ2v) is 5.88. The molecule has 116 valence electrons. The van der Waals surface area contributed by atoms with Crippen LogP contribution in [0.25, 0.3) is 10.2 Å². The number of aromatic nitrogens is 2. The number of nitrogens with zero attached hydrogens (tertiary/aromatic N) is 3. The fourth-order valence-electron chi connectivity index (χ4n) is 2.24. The molecule has 1 atom stereocenters. The molecule has 0 spiro atoms. The highest BCUT2D eigenvalue weighted by molar-refractivity contribution is 7.16. The van der Waals surface area contributed by atoms with Crippen molar-refractivity contribution in [3.8, 4) is 0 Å². The van der Waals surface area contributed by atoms with E-state index in [0.717, 1.165) is 35.5 Å². The van der Waals surface area contributed by atoms with Gasteiger partial charge in [-0.3, -0.25) is 0 Å². The van der Waals surface area contributed by atoms with Crippen molar-refractivity contribution in [2.75, 3.05) is 37.0 Å². The molecule has 6 heteroatoms. The van der Waals surface area contributed by atoms with E-state index < -0.39 is 0 Å². The van der Waals surface area contributed by atoms with Crippen molar-refractivity contribution in [3.05, 3.63) is 11.4 Å². The van der Waals surface area contributed by atoms with Crippen molar-refractivity contribution in [1.29, 1.82) is 0 Å². The van der Waals surface area contributed by atoms with E-state index in [1.165, 1.54) is 0 Å². The van der Waals surface area contributed by atoms with Crippen LogP contribution in [0.2, 0.25) is 0 Å². The fraction of sp³-hybridized carbons (Fsp3) is 0.600. The summed E-state index contributed by atoms with van der Waals surface area (Å²) in [5, 5.41) is 6.42. The summed E-state index contributed by atoms with van der Waals surface area (Å²) in [5.74, 6) is 1.71. The highest BCUT2D eigenvalue weighted by Crippen LogP contribution is 2.30. The smallest absolute Gasteiger partial charge is 0.226 e. The predicted molar refractivity (Wildman–Crippen MR) is 90.6 cm³/mol. The molecule has 0 aliphatic rings. The number of rotatable bonds is 8. The minimum Gasteiger partial charge on any atom is -0.383 e. The Labute approximate surface area is 130 Å². The lowest BCUT2D eigenvalue weighted by Gasteiger charge is -2.30. The predicted octanol–water partition coefficient (Wildman–Crippen LogP) is 3.37. The highest BCUT2D eigenvalue weighted by Gasteiger charge is 2.19. The third-order valence-corrected chi connectivity index (χ3v) is 4.38. The monoisotopic (exact) mass is 308 g/mol. The van der Waals surface area contributed by atoms with Crippen LogP contribution >= 0.6 is 11.3 Å². The standard InChI is InChI=1S/C15H24N4OS/c1-5-11(3)19(8-9-20-4)13-12-7-10-21-14(12)18-15(17-13)16-6-2/h7,10-11H,5-6,8-9H2,1-4H3,(H,16,17,18). The van der Waals surface area contributed by atoms with Gasteiger partial charge in [0.15, 0.2) is 0 Å². The van der Waals surface area contributed by atoms with Crippen LogP contribution in [0.1, 0.15) is 27.2 Å². The number of ether oxygens (including phenoxy) is 1. The van der Waals surface area contributed by atoms with E-state index in [-0.39, 0.29) is 0 Å². The van der Waals surface area contributed by atoms with E-state index in [2.05, 4.69) is 47.4 Å². The first-order chi connectivity index (χ1) is 10.2. The SMILES string of the molecule is CCNc1nc(N(CCOC)C(C)CC)c2ccsc2n1. The summed E-state index contributed by atoms with van der Waals surface area (Å²) in [6.07, 6.45) is 1.07. The second-order valence-electron chi connectivity index (χ2n) is 4.98. The van der Waals surface area contributed by atoms with Crippen molar-refractivity contribution >= 4 is 33.3 Å².